The molecular formula is C15H18N2. The molecule has 1 aliphatic carbocycles. The highest BCUT2D eigenvalue weighted by Gasteiger charge is 2.30. The van der Waals surface area contributed by atoms with Gasteiger partial charge in [-0.05, 0) is 43.2 Å². The van der Waals surface area contributed by atoms with E-state index in [1.54, 1.807) is 0 Å². The van der Waals surface area contributed by atoms with Crippen LogP contribution in [0.3, 0.4) is 0 Å². The molecule has 0 atom stereocenters. The van der Waals surface area contributed by atoms with Gasteiger partial charge in [0.25, 0.3) is 0 Å². The van der Waals surface area contributed by atoms with E-state index in [4.69, 9.17) is 0 Å². The fourth-order valence-corrected chi connectivity index (χ4v) is 2.54. The van der Waals surface area contributed by atoms with Crippen LogP contribution in [0.2, 0.25) is 0 Å². The second-order valence-electron chi connectivity index (χ2n) is 5.28. The van der Waals surface area contributed by atoms with Crippen LogP contribution in [0.5, 0.6) is 0 Å². The third-order valence-electron chi connectivity index (χ3n) is 3.93. The molecule has 3 rings (SSSR count). The molecule has 0 unspecified atom stereocenters. The Kier molecular flexibility index (Phi) is 2.60. The topological polar surface area (TPSA) is 24.9 Å². The number of pyridine rings is 1. The first-order chi connectivity index (χ1) is 8.27. The molecule has 1 saturated carbocycles. The maximum absolute atomic E-state index is 4.17. The molecule has 0 aliphatic heterocycles. The third kappa shape index (κ3) is 2.05. The first-order valence-corrected chi connectivity index (χ1v) is 6.34. The predicted molar refractivity (Wildman–Crippen MR) is 70.8 cm³/mol. The van der Waals surface area contributed by atoms with Crippen LogP contribution in [0.15, 0.2) is 36.7 Å². The van der Waals surface area contributed by atoms with Crippen molar-refractivity contribution < 1.29 is 0 Å². The van der Waals surface area contributed by atoms with E-state index < -0.39 is 0 Å². The first-order valence-electron chi connectivity index (χ1n) is 6.34. The van der Waals surface area contributed by atoms with Crippen molar-refractivity contribution in [3.05, 3.63) is 42.2 Å². The number of aromatic nitrogens is 1. The van der Waals surface area contributed by atoms with Gasteiger partial charge in [0.1, 0.15) is 0 Å². The van der Waals surface area contributed by atoms with E-state index in [1.807, 2.05) is 12.4 Å². The Morgan fingerprint density at radius 3 is 2.94 bits per heavy atom. The number of benzene rings is 1. The Labute approximate surface area is 102 Å². The van der Waals surface area contributed by atoms with Gasteiger partial charge in [0, 0.05) is 29.9 Å². The molecule has 1 heterocycles. The zero-order valence-electron chi connectivity index (χ0n) is 10.2. The SMILES string of the molecule is CC1(NCc2cccc3cnccc23)CCC1. The van der Waals surface area contributed by atoms with Gasteiger partial charge in [0.05, 0.1) is 0 Å². The van der Waals surface area contributed by atoms with E-state index in [2.05, 4.69) is 41.5 Å². The van der Waals surface area contributed by atoms with Crippen molar-refractivity contribution in [1.29, 1.82) is 0 Å². The minimum Gasteiger partial charge on any atom is -0.307 e. The lowest BCUT2D eigenvalue weighted by molar-refractivity contribution is 0.207. The summed E-state index contributed by atoms with van der Waals surface area (Å²) in [6.45, 7) is 3.28. The zero-order valence-corrected chi connectivity index (χ0v) is 10.2. The zero-order chi connectivity index (χ0) is 11.7. The Morgan fingerprint density at radius 2 is 2.18 bits per heavy atom. The van der Waals surface area contributed by atoms with Crippen molar-refractivity contribution in [3.63, 3.8) is 0 Å². The maximum atomic E-state index is 4.17. The van der Waals surface area contributed by atoms with Gasteiger partial charge >= 0.3 is 0 Å². The van der Waals surface area contributed by atoms with Crippen molar-refractivity contribution in [3.8, 4) is 0 Å². The standard InChI is InChI=1S/C15H18N2/c1-15(7-3-8-15)17-11-13-5-2-4-12-10-16-9-6-14(12)13/h2,4-6,9-10,17H,3,7-8,11H2,1H3. The Balaban J connectivity index is 1.85. The van der Waals surface area contributed by atoms with E-state index in [0.29, 0.717) is 5.54 Å². The molecular weight excluding hydrogens is 208 g/mol. The highest BCUT2D eigenvalue weighted by atomic mass is 15.0. The minimum absolute atomic E-state index is 0.370. The molecule has 1 aliphatic rings. The largest absolute Gasteiger partial charge is 0.307 e. The van der Waals surface area contributed by atoms with Gasteiger partial charge in [-0.3, -0.25) is 4.98 Å². The van der Waals surface area contributed by atoms with Gasteiger partial charge in [-0.25, -0.2) is 0 Å². The summed E-state index contributed by atoms with van der Waals surface area (Å²) >= 11 is 0. The highest BCUT2D eigenvalue weighted by Crippen LogP contribution is 2.31. The van der Waals surface area contributed by atoms with Gasteiger partial charge in [0.15, 0.2) is 0 Å². The fourth-order valence-electron chi connectivity index (χ4n) is 2.54. The number of nitrogens with one attached hydrogen (secondary N) is 1. The quantitative estimate of drug-likeness (QED) is 0.869. The van der Waals surface area contributed by atoms with Crippen LogP contribution in [0.1, 0.15) is 31.7 Å². The molecule has 2 heteroatoms. The van der Waals surface area contributed by atoms with Crippen molar-refractivity contribution >= 4 is 10.8 Å². The van der Waals surface area contributed by atoms with Crippen molar-refractivity contribution in [2.75, 3.05) is 0 Å². The monoisotopic (exact) mass is 226 g/mol. The average molecular weight is 226 g/mol. The summed E-state index contributed by atoms with van der Waals surface area (Å²) in [5, 5.41) is 6.23. The van der Waals surface area contributed by atoms with Gasteiger partial charge in [-0.15, -0.1) is 0 Å². The van der Waals surface area contributed by atoms with Gasteiger partial charge in [-0.1, -0.05) is 18.2 Å². The van der Waals surface area contributed by atoms with E-state index in [0.717, 1.165) is 6.54 Å². The van der Waals surface area contributed by atoms with E-state index in [-0.39, 0.29) is 0 Å². The normalized spacial score (nSPS) is 17.9. The average Bonchev–Trinajstić information content (AvgIpc) is 2.34. The molecule has 0 saturated heterocycles. The molecule has 2 aromatic rings. The lowest BCUT2D eigenvalue weighted by Crippen LogP contribution is -2.47. The van der Waals surface area contributed by atoms with Crippen LogP contribution in [-0.4, -0.2) is 10.5 Å². The van der Waals surface area contributed by atoms with Gasteiger partial charge in [-0.2, -0.15) is 0 Å². The summed E-state index contributed by atoms with van der Waals surface area (Å²) in [6.07, 6.45) is 7.78. The first kappa shape index (κ1) is 10.7. The second-order valence-corrected chi connectivity index (χ2v) is 5.28. The minimum atomic E-state index is 0.370. The fraction of sp³-hybridized carbons (Fsp3) is 0.400. The maximum Gasteiger partial charge on any atom is 0.0346 e. The molecule has 1 aromatic carbocycles. The number of rotatable bonds is 3. The molecule has 0 bridgehead atoms. The van der Waals surface area contributed by atoms with Crippen molar-refractivity contribution in [2.24, 2.45) is 0 Å². The van der Waals surface area contributed by atoms with Crippen LogP contribution < -0.4 is 5.32 Å². The molecule has 1 N–H and O–H groups in total. The lowest BCUT2D eigenvalue weighted by Gasteiger charge is -2.39. The Hall–Kier alpha value is -1.41. The molecule has 0 spiro atoms. The molecule has 0 amide bonds. The summed E-state index contributed by atoms with van der Waals surface area (Å²) in [4.78, 5) is 4.17. The summed E-state index contributed by atoms with van der Waals surface area (Å²) < 4.78 is 0. The van der Waals surface area contributed by atoms with E-state index >= 15 is 0 Å². The molecule has 0 radical (unpaired) electrons. The summed E-state index contributed by atoms with van der Waals surface area (Å²) in [6, 6.07) is 8.55. The smallest absolute Gasteiger partial charge is 0.0346 e. The lowest BCUT2D eigenvalue weighted by atomic mass is 9.78. The third-order valence-corrected chi connectivity index (χ3v) is 3.93. The van der Waals surface area contributed by atoms with Crippen LogP contribution >= 0.6 is 0 Å². The molecule has 88 valence electrons. The Morgan fingerprint density at radius 1 is 1.29 bits per heavy atom. The van der Waals surface area contributed by atoms with E-state index in [9.17, 15) is 0 Å². The van der Waals surface area contributed by atoms with E-state index in [1.165, 1.54) is 35.6 Å². The van der Waals surface area contributed by atoms with Crippen molar-refractivity contribution in [1.82, 2.24) is 10.3 Å². The van der Waals surface area contributed by atoms with Crippen LogP contribution in [-0.2, 0) is 6.54 Å². The summed E-state index contributed by atoms with van der Waals surface area (Å²) in [7, 11) is 0. The van der Waals surface area contributed by atoms with Crippen LogP contribution in [0.25, 0.3) is 10.8 Å². The highest BCUT2D eigenvalue weighted by molar-refractivity contribution is 5.84. The summed E-state index contributed by atoms with van der Waals surface area (Å²) in [5.74, 6) is 0. The number of hydrogen-bond acceptors (Lipinski definition) is 2. The molecule has 1 aromatic heterocycles. The van der Waals surface area contributed by atoms with Crippen molar-refractivity contribution in [2.45, 2.75) is 38.3 Å². The molecule has 2 nitrogen and oxygen atoms in total. The van der Waals surface area contributed by atoms with Gasteiger partial charge < -0.3 is 5.32 Å². The second kappa shape index (κ2) is 4.11. The predicted octanol–water partition coefficient (Wildman–Crippen LogP) is 3.27. The molecule has 1 fully saturated rings. The Bertz CT molecular complexity index is 524. The van der Waals surface area contributed by atoms with Gasteiger partial charge in [0.2, 0.25) is 0 Å². The molecule has 17 heavy (non-hydrogen) atoms. The van der Waals surface area contributed by atoms with Crippen LogP contribution in [0.4, 0.5) is 0 Å². The number of nitrogens with zero attached hydrogens (tertiary/aromatic N) is 1. The van der Waals surface area contributed by atoms with Crippen LogP contribution in [0, 0.1) is 0 Å². The number of hydrogen-bond donors (Lipinski definition) is 1. The summed E-state index contributed by atoms with van der Waals surface area (Å²) in [5.41, 5.74) is 1.74. The number of fused-ring (bicyclic) bond motifs is 1.